The van der Waals surface area contributed by atoms with Crippen molar-refractivity contribution in [2.24, 2.45) is 0 Å². The van der Waals surface area contributed by atoms with Gasteiger partial charge in [0.25, 0.3) is 5.69 Å². The monoisotopic (exact) mass is 332 g/mol. The van der Waals surface area contributed by atoms with Crippen LogP contribution in [0.2, 0.25) is 5.02 Å². The van der Waals surface area contributed by atoms with E-state index in [1.54, 1.807) is 12.1 Å². The molecule has 120 valence electrons. The topological polar surface area (TPSA) is 50.8 Å². The summed E-state index contributed by atoms with van der Waals surface area (Å²) < 4.78 is 0. The van der Waals surface area contributed by atoms with Crippen LogP contribution < -0.4 is 9.80 Å². The smallest absolute Gasteiger partial charge is 0.292 e. The molecule has 0 bridgehead atoms. The maximum absolute atomic E-state index is 11.2. The van der Waals surface area contributed by atoms with Crippen LogP contribution in [0, 0.1) is 10.1 Å². The number of nitrogens with zero attached hydrogens (tertiary/aromatic N) is 2. The first-order chi connectivity index (χ1) is 11.1. The summed E-state index contributed by atoms with van der Waals surface area (Å²) in [5.41, 5.74) is 2.08. The number of anilines is 1. The van der Waals surface area contributed by atoms with E-state index < -0.39 is 0 Å². The molecule has 1 aliphatic heterocycles. The van der Waals surface area contributed by atoms with Gasteiger partial charge in [0.05, 0.1) is 31.1 Å². The highest BCUT2D eigenvalue weighted by molar-refractivity contribution is 6.31. The first kappa shape index (κ1) is 15.8. The van der Waals surface area contributed by atoms with Gasteiger partial charge in [0.15, 0.2) is 0 Å². The third-order valence-corrected chi connectivity index (χ3v) is 4.48. The first-order valence-electron chi connectivity index (χ1n) is 7.70. The molecule has 0 radical (unpaired) electrons. The van der Waals surface area contributed by atoms with Gasteiger partial charge in [0, 0.05) is 16.7 Å². The Balaban J connectivity index is 1.67. The molecule has 3 rings (SSSR count). The number of quaternary nitrogens is 1. The van der Waals surface area contributed by atoms with Gasteiger partial charge in [0.2, 0.25) is 0 Å². The van der Waals surface area contributed by atoms with Crippen molar-refractivity contribution in [3.8, 4) is 0 Å². The minimum atomic E-state index is -0.338. The van der Waals surface area contributed by atoms with Gasteiger partial charge in [-0.15, -0.1) is 0 Å². The Morgan fingerprint density at radius 2 is 1.83 bits per heavy atom. The zero-order chi connectivity index (χ0) is 16.2. The van der Waals surface area contributed by atoms with Gasteiger partial charge in [0.1, 0.15) is 12.2 Å². The van der Waals surface area contributed by atoms with Gasteiger partial charge in [-0.1, -0.05) is 41.9 Å². The fourth-order valence-corrected chi connectivity index (χ4v) is 3.20. The van der Waals surface area contributed by atoms with Gasteiger partial charge >= 0.3 is 0 Å². The number of hydrogen-bond donors (Lipinski definition) is 1. The summed E-state index contributed by atoms with van der Waals surface area (Å²) >= 11 is 6.02. The van der Waals surface area contributed by atoms with E-state index in [1.165, 1.54) is 16.5 Å². The predicted octanol–water partition coefficient (Wildman–Crippen LogP) is 2.15. The number of hydrogen-bond acceptors (Lipinski definition) is 3. The molecule has 6 heteroatoms. The average molecular weight is 333 g/mol. The fourth-order valence-electron chi connectivity index (χ4n) is 3.03. The van der Waals surface area contributed by atoms with E-state index in [0.717, 1.165) is 32.7 Å². The molecule has 5 nitrogen and oxygen atoms in total. The molecule has 1 N–H and O–H groups in total. The zero-order valence-corrected chi connectivity index (χ0v) is 13.5. The van der Waals surface area contributed by atoms with Gasteiger partial charge in [-0.3, -0.25) is 10.1 Å². The van der Waals surface area contributed by atoms with Crippen LogP contribution in [-0.2, 0) is 6.54 Å². The number of rotatable bonds is 4. The van der Waals surface area contributed by atoms with Gasteiger partial charge in [-0.05, 0) is 12.1 Å². The summed E-state index contributed by atoms with van der Waals surface area (Å²) in [6.07, 6.45) is 0. The lowest BCUT2D eigenvalue weighted by Gasteiger charge is -2.33. The number of benzene rings is 2. The van der Waals surface area contributed by atoms with Crippen LogP contribution >= 0.6 is 11.6 Å². The van der Waals surface area contributed by atoms with Crippen LogP contribution in [0.1, 0.15) is 5.56 Å². The molecule has 2 aromatic rings. The largest absolute Gasteiger partial charge is 0.355 e. The summed E-state index contributed by atoms with van der Waals surface area (Å²) in [7, 11) is 0. The second-order valence-electron chi connectivity index (χ2n) is 5.79. The Morgan fingerprint density at radius 1 is 1.13 bits per heavy atom. The van der Waals surface area contributed by atoms with Crippen LogP contribution in [0.25, 0.3) is 0 Å². The third-order valence-electron chi connectivity index (χ3n) is 4.24. The number of piperazine rings is 1. The van der Waals surface area contributed by atoms with E-state index in [2.05, 4.69) is 29.2 Å². The quantitative estimate of drug-likeness (QED) is 0.689. The maximum atomic E-state index is 11.2. The highest BCUT2D eigenvalue weighted by atomic mass is 35.5. The summed E-state index contributed by atoms with van der Waals surface area (Å²) in [5.74, 6) is 0. The van der Waals surface area contributed by atoms with Crippen molar-refractivity contribution in [2.75, 3.05) is 31.1 Å². The van der Waals surface area contributed by atoms with Crippen molar-refractivity contribution in [3.05, 3.63) is 69.2 Å². The number of halogens is 1. The summed E-state index contributed by atoms with van der Waals surface area (Å²) in [5, 5.41) is 11.7. The molecule has 0 aromatic heterocycles. The molecule has 1 fully saturated rings. The van der Waals surface area contributed by atoms with Crippen molar-refractivity contribution in [2.45, 2.75) is 6.54 Å². The highest BCUT2D eigenvalue weighted by Crippen LogP contribution is 2.30. The van der Waals surface area contributed by atoms with Crippen molar-refractivity contribution in [1.29, 1.82) is 0 Å². The molecule has 0 spiro atoms. The average Bonchev–Trinajstić information content (AvgIpc) is 2.56. The fraction of sp³-hybridized carbons (Fsp3) is 0.294. The minimum absolute atomic E-state index is 0.126. The van der Waals surface area contributed by atoms with Gasteiger partial charge < -0.3 is 9.80 Å². The molecule has 0 unspecified atom stereocenters. The number of nitrogens with one attached hydrogen (secondary N) is 1. The molecule has 2 aromatic carbocycles. The van der Waals surface area contributed by atoms with Crippen LogP contribution in [-0.4, -0.2) is 31.1 Å². The molecule has 0 atom stereocenters. The molecule has 1 aliphatic rings. The zero-order valence-electron chi connectivity index (χ0n) is 12.7. The van der Waals surface area contributed by atoms with E-state index in [-0.39, 0.29) is 10.6 Å². The molecule has 0 amide bonds. The lowest BCUT2D eigenvalue weighted by Crippen LogP contribution is -3.13. The van der Waals surface area contributed by atoms with Crippen LogP contribution in [0.15, 0.2) is 48.5 Å². The van der Waals surface area contributed by atoms with Crippen molar-refractivity contribution in [1.82, 2.24) is 0 Å². The van der Waals surface area contributed by atoms with Crippen molar-refractivity contribution < 1.29 is 9.82 Å². The van der Waals surface area contributed by atoms with E-state index in [9.17, 15) is 10.1 Å². The van der Waals surface area contributed by atoms with Gasteiger partial charge in [-0.25, -0.2) is 0 Å². The van der Waals surface area contributed by atoms with Crippen LogP contribution in [0.3, 0.4) is 0 Å². The molecular formula is C17H19ClN3O2+. The second-order valence-corrected chi connectivity index (χ2v) is 6.23. The SMILES string of the molecule is O=[N+]([O-])c1ccc(Cl)cc1N1CC[NH+](Cc2ccccc2)CC1. The van der Waals surface area contributed by atoms with E-state index in [4.69, 9.17) is 11.6 Å². The normalized spacial score (nSPS) is 15.6. The molecule has 0 aliphatic carbocycles. The van der Waals surface area contributed by atoms with Crippen LogP contribution in [0.4, 0.5) is 11.4 Å². The third kappa shape index (κ3) is 3.81. The Hall–Kier alpha value is -2.11. The summed E-state index contributed by atoms with van der Waals surface area (Å²) in [6.45, 7) is 4.50. The first-order valence-corrected chi connectivity index (χ1v) is 8.07. The summed E-state index contributed by atoms with van der Waals surface area (Å²) in [6, 6.07) is 15.2. The minimum Gasteiger partial charge on any atom is -0.355 e. The Morgan fingerprint density at radius 3 is 2.48 bits per heavy atom. The van der Waals surface area contributed by atoms with Crippen LogP contribution in [0.5, 0.6) is 0 Å². The van der Waals surface area contributed by atoms with Gasteiger partial charge in [-0.2, -0.15) is 0 Å². The second kappa shape index (κ2) is 6.98. The molecule has 1 saturated heterocycles. The number of nitro benzene ring substituents is 1. The number of nitro groups is 1. The van der Waals surface area contributed by atoms with E-state index in [0.29, 0.717) is 10.7 Å². The Bertz CT molecular complexity index is 685. The molecule has 1 heterocycles. The standard InChI is InChI=1S/C17H18ClN3O2/c18-15-6-7-16(21(22)23)17(12-15)20-10-8-19(9-11-20)13-14-4-2-1-3-5-14/h1-7,12H,8-11,13H2/p+1. The maximum Gasteiger partial charge on any atom is 0.292 e. The highest BCUT2D eigenvalue weighted by Gasteiger charge is 2.25. The van der Waals surface area contributed by atoms with Crippen molar-refractivity contribution in [3.63, 3.8) is 0 Å². The predicted molar refractivity (Wildman–Crippen MR) is 91.2 cm³/mol. The Kier molecular flexibility index (Phi) is 4.79. The molecule has 0 saturated carbocycles. The van der Waals surface area contributed by atoms with Crippen molar-refractivity contribution >= 4 is 23.0 Å². The van der Waals surface area contributed by atoms with E-state index >= 15 is 0 Å². The lowest BCUT2D eigenvalue weighted by molar-refractivity contribution is -0.914. The molecular weight excluding hydrogens is 314 g/mol. The van der Waals surface area contributed by atoms with E-state index in [1.807, 2.05) is 6.07 Å². The molecule has 23 heavy (non-hydrogen) atoms. The lowest BCUT2D eigenvalue weighted by atomic mass is 10.2. The summed E-state index contributed by atoms with van der Waals surface area (Å²) in [4.78, 5) is 14.4. The Labute approximate surface area is 140 Å².